The van der Waals surface area contributed by atoms with Crippen LogP contribution >= 0.6 is 11.6 Å². The van der Waals surface area contributed by atoms with Crippen LogP contribution in [0.1, 0.15) is 43.2 Å². The third-order valence-corrected chi connectivity index (χ3v) is 7.05. The zero-order chi connectivity index (χ0) is 24.4. The van der Waals surface area contributed by atoms with Crippen LogP contribution in [-0.4, -0.2) is 19.1 Å². The molecule has 1 fully saturated rings. The number of rotatable bonds is 8. The van der Waals surface area contributed by atoms with Crippen molar-refractivity contribution in [1.82, 2.24) is 19.1 Å². The number of benzene rings is 1. The maximum atomic E-state index is 13.8. The number of hydrogen-bond acceptors (Lipinski definition) is 5. The second-order valence-corrected chi connectivity index (χ2v) is 9.57. The highest BCUT2D eigenvalue weighted by Crippen LogP contribution is 2.31. The molecule has 7 nitrogen and oxygen atoms in total. The van der Waals surface area contributed by atoms with Gasteiger partial charge in [-0.1, -0.05) is 43.0 Å². The Labute approximate surface area is 208 Å². The van der Waals surface area contributed by atoms with Gasteiger partial charge in [-0.2, -0.15) is 0 Å². The van der Waals surface area contributed by atoms with Crippen LogP contribution in [0.4, 0.5) is 0 Å². The van der Waals surface area contributed by atoms with Crippen LogP contribution in [0.15, 0.2) is 64.6 Å². The van der Waals surface area contributed by atoms with Crippen molar-refractivity contribution in [2.24, 2.45) is 13.0 Å². The lowest BCUT2D eigenvalue weighted by Gasteiger charge is -2.25. The summed E-state index contributed by atoms with van der Waals surface area (Å²) in [6, 6.07) is 11.0. The maximum absolute atomic E-state index is 13.8. The summed E-state index contributed by atoms with van der Waals surface area (Å²) in [6.45, 7) is 0.395. The SMILES string of the molecule is Cn1c(=O)n(CCCC2CCC2)c(=O)c2c(Cc3ccc(Cl)cc3)c(Oc3cccnc3)cnc21. The number of hydrogen-bond donors (Lipinski definition) is 0. The fraction of sp³-hybridized carbons (Fsp3) is 0.333. The zero-order valence-electron chi connectivity index (χ0n) is 19.6. The minimum Gasteiger partial charge on any atom is -0.454 e. The van der Waals surface area contributed by atoms with Gasteiger partial charge in [-0.05, 0) is 48.6 Å². The van der Waals surface area contributed by atoms with Gasteiger partial charge in [-0.25, -0.2) is 9.78 Å². The number of fused-ring (bicyclic) bond motifs is 1. The van der Waals surface area contributed by atoms with Gasteiger partial charge in [0, 0.05) is 36.8 Å². The van der Waals surface area contributed by atoms with E-state index in [0.717, 1.165) is 24.3 Å². The van der Waals surface area contributed by atoms with E-state index in [1.54, 1.807) is 37.8 Å². The van der Waals surface area contributed by atoms with Crippen molar-refractivity contribution < 1.29 is 4.74 Å². The van der Waals surface area contributed by atoms with E-state index < -0.39 is 0 Å². The van der Waals surface area contributed by atoms with E-state index >= 15 is 0 Å². The van der Waals surface area contributed by atoms with Gasteiger partial charge >= 0.3 is 5.69 Å². The molecule has 0 spiro atoms. The van der Waals surface area contributed by atoms with E-state index in [-0.39, 0.29) is 11.2 Å². The second-order valence-electron chi connectivity index (χ2n) is 9.13. The first-order valence-electron chi connectivity index (χ1n) is 11.9. The highest BCUT2D eigenvalue weighted by molar-refractivity contribution is 6.30. The summed E-state index contributed by atoms with van der Waals surface area (Å²) < 4.78 is 8.93. The van der Waals surface area contributed by atoms with Crippen molar-refractivity contribution in [3.8, 4) is 11.5 Å². The van der Waals surface area contributed by atoms with Gasteiger partial charge < -0.3 is 4.74 Å². The molecule has 0 unspecified atom stereocenters. The van der Waals surface area contributed by atoms with Gasteiger partial charge in [0.15, 0.2) is 0 Å². The molecule has 0 radical (unpaired) electrons. The Kier molecular flexibility index (Phi) is 6.68. The van der Waals surface area contributed by atoms with Crippen LogP contribution in [0.5, 0.6) is 11.5 Å². The van der Waals surface area contributed by atoms with Gasteiger partial charge in [0.25, 0.3) is 5.56 Å². The molecule has 1 aliphatic rings. The first kappa shape index (κ1) is 23.3. The number of aryl methyl sites for hydroxylation is 1. The number of pyridine rings is 2. The summed E-state index contributed by atoms with van der Waals surface area (Å²) >= 11 is 6.08. The van der Waals surface area contributed by atoms with Crippen LogP contribution in [0.25, 0.3) is 11.0 Å². The van der Waals surface area contributed by atoms with Gasteiger partial charge in [-0.3, -0.25) is 18.9 Å². The van der Waals surface area contributed by atoms with Gasteiger partial charge in [-0.15, -0.1) is 0 Å². The van der Waals surface area contributed by atoms with Crippen LogP contribution in [0, 0.1) is 5.92 Å². The Morgan fingerprint density at radius 3 is 2.60 bits per heavy atom. The highest BCUT2D eigenvalue weighted by Gasteiger charge is 2.21. The van der Waals surface area contributed by atoms with E-state index in [2.05, 4.69) is 9.97 Å². The Bertz CT molecular complexity index is 1460. The standard InChI is InChI=1S/C27H27ClN4O3/c1-31-25-24(26(33)32(27(31)34)14-4-7-18-5-2-6-18)22(15-19-9-11-20(28)12-10-19)23(17-30-25)35-21-8-3-13-29-16-21/h3,8-13,16-18H,2,4-7,14-15H2,1H3. The number of aromatic nitrogens is 4. The molecule has 1 aliphatic carbocycles. The van der Waals surface area contributed by atoms with Gasteiger partial charge in [0.1, 0.15) is 17.1 Å². The molecule has 1 saturated carbocycles. The fourth-order valence-corrected chi connectivity index (χ4v) is 4.74. The van der Waals surface area contributed by atoms with Crippen molar-refractivity contribution in [2.45, 2.75) is 45.1 Å². The van der Waals surface area contributed by atoms with Crippen LogP contribution in [-0.2, 0) is 20.0 Å². The van der Waals surface area contributed by atoms with Crippen molar-refractivity contribution >= 4 is 22.6 Å². The first-order chi connectivity index (χ1) is 17.0. The smallest absolute Gasteiger partial charge is 0.332 e. The Hall–Kier alpha value is -3.45. The molecule has 0 bridgehead atoms. The lowest BCUT2D eigenvalue weighted by molar-refractivity contribution is 0.283. The minimum atomic E-state index is -0.345. The third-order valence-electron chi connectivity index (χ3n) is 6.80. The largest absolute Gasteiger partial charge is 0.454 e. The average Bonchev–Trinajstić information content (AvgIpc) is 2.84. The fourth-order valence-electron chi connectivity index (χ4n) is 4.61. The second kappa shape index (κ2) is 10.0. The third kappa shape index (κ3) is 4.86. The van der Waals surface area contributed by atoms with E-state index in [1.807, 2.05) is 24.3 Å². The predicted octanol–water partition coefficient (Wildman–Crippen LogP) is 5.11. The van der Waals surface area contributed by atoms with Gasteiger partial charge in [0.2, 0.25) is 0 Å². The van der Waals surface area contributed by atoms with Crippen molar-refractivity contribution in [3.63, 3.8) is 0 Å². The number of halogens is 1. The molecule has 0 atom stereocenters. The lowest BCUT2D eigenvalue weighted by Crippen LogP contribution is -2.40. The topological polar surface area (TPSA) is 79.0 Å². The molecule has 5 rings (SSSR count). The quantitative estimate of drug-likeness (QED) is 0.343. The summed E-state index contributed by atoms with van der Waals surface area (Å²) in [5.41, 5.74) is 1.31. The Morgan fingerprint density at radius 2 is 1.91 bits per heavy atom. The van der Waals surface area contributed by atoms with E-state index in [9.17, 15) is 9.59 Å². The molecule has 0 N–H and O–H groups in total. The lowest BCUT2D eigenvalue weighted by atomic mass is 9.82. The Morgan fingerprint density at radius 1 is 1.11 bits per heavy atom. The molecule has 3 aromatic heterocycles. The van der Waals surface area contributed by atoms with Crippen LogP contribution in [0.3, 0.4) is 0 Å². The van der Waals surface area contributed by atoms with Gasteiger partial charge in [0.05, 0.1) is 17.8 Å². The molecule has 8 heteroatoms. The number of ether oxygens (including phenoxy) is 1. The Balaban J connectivity index is 1.63. The van der Waals surface area contributed by atoms with Crippen LogP contribution < -0.4 is 16.0 Å². The minimum absolute atomic E-state index is 0.329. The van der Waals surface area contributed by atoms with E-state index in [1.165, 1.54) is 28.4 Å². The molecule has 4 aromatic rings. The molecule has 0 aliphatic heterocycles. The predicted molar refractivity (Wildman–Crippen MR) is 136 cm³/mol. The van der Waals surface area contributed by atoms with Crippen molar-refractivity contribution in [1.29, 1.82) is 0 Å². The molecular formula is C27H27ClN4O3. The maximum Gasteiger partial charge on any atom is 0.332 e. The molecule has 1 aromatic carbocycles. The molecule has 35 heavy (non-hydrogen) atoms. The molecule has 180 valence electrons. The van der Waals surface area contributed by atoms with Crippen LogP contribution in [0.2, 0.25) is 5.02 Å². The monoisotopic (exact) mass is 490 g/mol. The molecule has 0 saturated heterocycles. The summed E-state index contributed by atoms with van der Waals surface area (Å²) in [6.07, 6.45) is 10.9. The zero-order valence-corrected chi connectivity index (χ0v) is 20.4. The molecular weight excluding hydrogens is 464 g/mol. The first-order valence-corrected chi connectivity index (χ1v) is 12.3. The van der Waals surface area contributed by atoms with Crippen molar-refractivity contribution in [2.75, 3.05) is 0 Å². The normalized spacial score (nSPS) is 13.7. The summed E-state index contributed by atoms with van der Waals surface area (Å²) in [7, 11) is 1.66. The summed E-state index contributed by atoms with van der Waals surface area (Å²) in [5, 5.41) is 1.03. The van der Waals surface area contributed by atoms with Crippen molar-refractivity contribution in [3.05, 3.63) is 92.0 Å². The molecule has 3 heterocycles. The summed E-state index contributed by atoms with van der Waals surface area (Å²) in [4.78, 5) is 35.4. The number of nitrogens with zero attached hydrogens (tertiary/aromatic N) is 4. The van der Waals surface area contributed by atoms with E-state index in [0.29, 0.717) is 46.1 Å². The highest BCUT2D eigenvalue weighted by atomic mass is 35.5. The average molecular weight is 491 g/mol. The van der Waals surface area contributed by atoms with E-state index in [4.69, 9.17) is 16.3 Å². The summed E-state index contributed by atoms with van der Waals surface area (Å²) in [5.74, 6) is 1.71. The molecule has 0 amide bonds.